The van der Waals surface area contributed by atoms with E-state index in [-0.39, 0.29) is 19.3 Å². The van der Waals surface area contributed by atoms with Gasteiger partial charge in [-0.2, -0.15) is 5.10 Å². The van der Waals surface area contributed by atoms with Crippen LogP contribution in [0.5, 0.6) is 0 Å². The lowest BCUT2D eigenvalue weighted by molar-refractivity contribution is 0.0956. The summed E-state index contributed by atoms with van der Waals surface area (Å²) >= 11 is 0. The molecule has 0 amide bonds. The number of aliphatic hydroxyl groups excluding tert-OH is 2. The van der Waals surface area contributed by atoms with Crippen molar-refractivity contribution in [1.29, 1.82) is 0 Å². The van der Waals surface area contributed by atoms with Crippen LogP contribution in [-0.2, 0) is 0 Å². The number of nitrogens with zero attached hydrogens (tertiary/aromatic N) is 3. The third kappa shape index (κ3) is 2.67. The molecule has 20 heavy (non-hydrogen) atoms. The molecule has 1 atom stereocenters. The third-order valence-electron chi connectivity index (χ3n) is 3.61. The lowest BCUT2D eigenvalue weighted by Gasteiger charge is -2.31. The Morgan fingerprint density at radius 1 is 1.35 bits per heavy atom. The number of rotatable bonds is 5. The van der Waals surface area contributed by atoms with Crippen molar-refractivity contribution < 1.29 is 10.2 Å². The number of aliphatic hydroxyl groups is 2. The van der Waals surface area contributed by atoms with Gasteiger partial charge in [0.2, 0.25) is 0 Å². The highest BCUT2D eigenvalue weighted by Crippen LogP contribution is 2.20. The smallest absolute Gasteiger partial charge is 0.155 e. The fraction of sp³-hybridized carbons (Fsp3) is 0.571. The van der Waals surface area contributed by atoms with Crippen LogP contribution in [-0.4, -0.2) is 43.6 Å². The van der Waals surface area contributed by atoms with E-state index in [0.717, 1.165) is 22.6 Å². The van der Waals surface area contributed by atoms with Crippen molar-refractivity contribution >= 4 is 5.65 Å². The summed E-state index contributed by atoms with van der Waals surface area (Å²) in [6.07, 6.45) is 1.82. The van der Waals surface area contributed by atoms with E-state index < -0.39 is 5.54 Å². The number of fused-ring (bicyclic) bond motifs is 1. The predicted octanol–water partition coefficient (Wildman–Crippen LogP) is 0.740. The topological polar surface area (TPSA) is 82.7 Å². The number of hydrogen-bond acceptors (Lipinski definition) is 5. The van der Waals surface area contributed by atoms with Crippen LogP contribution in [0, 0.1) is 13.8 Å². The molecule has 6 heteroatoms. The van der Waals surface area contributed by atoms with E-state index in [0.29, 0.717) is 0 Å². The minimum Gasteiger partial charge on any atom is -0.394 e. The molecule has 0 radical (unpaired) electrons. The van der Waals surface area contributed by atoms with Crippen molar-refractivity contribution in [3.63, 3.8) is 0 Å². The molecule has 3 N–H and O–H groups in total. The van der Waals surface area contributed by atoms with Gasteiger partial charge in [0, 0.05) is 29.6 Å². The molecule has 0 spiro atoms. The molecule has 0 aliphatic rings. The van der Waals surface area contributed by atoms with Gasteiger partial charge in [-0.25, -0.2) is 9.50 Å². The molecule has 6 nitrogen and oxygen atoms in total. The number of nitrogens with one attached hydrogen (secondary N) is 1. The maximum absolute atomic E-state index is 9.37. The van der Waals surface area contributed by atoms with Gasteiger partial charge in [-0.05, 0) is 27.7 Å². The Bertz CT molecular complexity index is 604. The summed E-state index contributed by atoms with van der Waals surface area (Å²) in [5.41, 5.74) is 3.02. The molecule has 0 saturated carbocycles. The highest BCUT2D eigenvalue weighted by Gasteiger charge is 2.25. The minimum absolute atomic E-state index is 0.0549. The van der Waals surface area contributed by atoms with Crippen molar-refractivity contribution in [3.05, 3.63) is 29.2 Å². The largest absolute Gasteiger partial charge is 0.394 e. The van der Waals surface area contributed by atoms with E-state index in [1.165, 1.54) is 0 Å². The second kappa shape index (κ2) is 5.47. The van der Waals surface area contributed by atoms with E-state index in [9.17, 15) is 10.2 Å². The molecule has 0 bridgehead atoms. The molecule has 0 aliphatic heterocycles. The van der Waals surface area contributed by atoms with Gasteiger partial charge in [-0.15, -0.1) is 0 Å². The first-order valence-corrected chi connectivity index (χ1v) is 6.71. The SMILES string of the molecule is Cc1cc2ncc(C(C)NC(C)(CO)CO)c(C)n2n1. The molecule has 2 aromatic rings. The van der Waals surface area contributed by atoms with E-state index in [4.69, 9.17) is 0 Å². The summed E-state index contributed by atoms with van der Waals surface area (Å²) < 4.78 is 1.82. The summed E-state index contributed by atoms with van der Waals surface area (Å²) in [6, 6.07) is 1.88. The van der Waals surface area contributed by atoms with Crippen LogP contribution in [0.4, 0.5) is 0 Å². The van der Waals surface area contributed by atoms with E-state index in [1.54, 1.807) is 6.92 Å². The van der Waals surface area contributed by atoms with Crippen LogP contribution < -0.4 is 5.32 Å². The Labute approximate surface area is 118 Å². The molecular formula is C14H22N4O2. The monoisotopic (exact) mass is 278 g/mol. The van der Waals surface area contributed by atoms with Crippen molar-refractivity contribution in [2.24, 2.45) is 0 Å². The molecular weight excluding hydrogens is 256 g/mol. The van der Waals surface area contributed by atoms with Crippen LogP contribution in [0.25, 0.3) is 5.65 Å². The predicted molar refractivity (Wildman–Crippen MR) is 76.6 cm³/mol. The molecule has 2 aromatic heterocycles. The molecule has 1 unspecified atom stereocenters. The summed E-state index contributed by atoms with van der Waals surface area (Å²) in [5, 5.41) is 26.4. The average Bonchev–Trinajstić information content (AvgIpc) is 2.80. The van der Waals surface area contributed by atoms with Crippen LogP contribution >= 0.6 is 0 Å². The summed E-state index contributed by atoms with van der Waals surface area (Å²) in [6.45, 7) is 7.42. The maximum atomic E-state index is 9.37. The molecule has 2 heterocycles. The van der Waals surface area contributed by atoms with E-state index in [1.807, 2.05) is 37.5 Å². The molecule has 0 saturated heterocycles. The Hall–Kier alpha value is -1.50. The number of hydrogen-bond donors (Lipinski definition) is 3. The Morgan fingerprint density at radius 3 is 2.60 bits per heavy atom. The normalized spacial score (nSPS) is 13.9. The quantitative estimate of drug-likeness (QED) is 0.751. The van der Waals surface area contributed by atoms with Crippen LogP contribution in [0.2, 0.25) is 0 Å². The first-order chi connectivity index (χ1) is 9.40. The van der Waals surface area contributed by atoms with E-state index >= 15 is 0 Å². The zero-order valence-corrected chi connectivity index (χ0v) is 12.4. The van der Waals surface area contributed by atoms with Crippen molar-refractivity contribution in [2.45, 2.75) is 39.3 Å². The first-order valence-electron chi connectivity index (χ1n) is 6.71. The number of aryl methyl sites for hydroxylation is 2. The second-order valence-corrected chi connectivity index (χ2v) is 5.60. The van der Waals surface area contributed by atoms with Crippen LogP contribution in [0.1, 0.15) is 36.8 Å². The van der Waals surface area contributed by atoms with Crippen LogP contribution in [0.15, 0.2) is 12.3 Å². The molecule has 0 aliphatic carbocycles. The van der Waals surface area contributed by atoms with Gasteiger partial charge in [0.25, 0.3) is 0 Å². The Morgan fingerprint density at radius 2 is 2.00 bits per heavy atom. The van der Waals surface area contributed by atoms with Crippen LogP contribution in [0.3, 0.4) is 0 Å². The average molecular weight is 278 g/mol. The highest BCUT2D eigenvalue weighted by molar-refractivity contribution is 5.42. The number of aromatic nitrogens is 3. The fourth-order valence-corrected chi connectivity index (χ4v) is 2.34. The molecule has 2 rings (SSSR count). The summed E-state index contributed by atoms with van der Waals surface area (Å²) in [7, 11) is 0. The van der Waals surface area contributed by atoms with Gasteiger partial charge >= 0.3 is 0 Å². The van der Waals surface area contributed by atoms with Gasteiger partial charge in [-0.3, -0.25) is 0 Å². The van der Waals surface area contributed by atoms with Crippen molar-refractivity contribution in [1.82, 2.24) is 19.9 Å². The van der Waals surface area contributed by atoms with Gasteiger partial charge in [-0.1, -0.05) is 0 Å². The lowest BCUT2D eigenvalue weighted by atomic mass is 10.0. The first kappa shape index (κ1) is 14.9. The third-order valence-corrected chi connectivity index (χ3v) is 3.61. The van der Waals surface area contributed by atoms with Gasteiger partial charge in [0.15, 0.2) is 5.65 Å². The summed E-state index contributed by atoms with van der Waals surface area (Å²) in [5.74, 6) is 0. The fourth-order valence-electron chi connectivity index (χ4n) is 2.34. The standard InChI is InChI=1S/C14H22N4O2/c1-9-5-13-15-6-12(11(3)18(13)17-9)10(2)16-14(4,7-19)8-20/h5-6,10,16,19-20H,7-8H2,1-4H3. The zero-order chi connectivity index (χ0) is 14.9. The van der Waals surface area contributed by atoms with Gasteiger partial charge in [0.1, 0.15) is 0 Å². The Kier molecular flexibility index (Phi) is 4.08. The zero-order valence-electron chi connectivity index (χ0n) is 12.4. The molecule has 110 valence electrons. The lowest BCUT2D eigenvalue weighted by Crippen LogP contribution is -2.50. The van der Waals surface area contributed by atoms with Crippen molar-refractivity contribution in [2.75, 3.05) is 13.2 Å². The van der Waals surface area contributed by atoms with Crippen molar-refractivity contribution in [3.8, 4) is 0 Å². The minimum atomic E-state index is -0.721. The van der Waals surface area contributed by atoms with Gasteiger partial charge in [0.05, 0.1) is 24.4 Å². The highest BCUT2D eigenvalue weighted by atomic mass is 16.3. The second-order valence-electron chi connectivity index (χ2n) is 5.60. The maximum Gasteiger partial charge on any atom is 0.155 e. The van der Waals surface area contributed by atoms with E-state index in [2.05, 4.69) is 15.4 Å². The molecule has 0 fully saturated rings. The summed E-state index contributed by atoms with van der Waals surface area (Å²) in [4.78, 5) is 4.40. The Balaban J connectivity index is 2.35. The molecule has 0 aromatic carbocycles. The van der Waals surface area contributed by atoms with Gasteiger partial charge < -0.3 is 15.5 Å².